The summed E-state index contributed by atoms with van der Waals surface area (Å²) in [6.07, 6.45) is 1.66. The first-order chi connectivity index (χ1) is 14.0. The lowest BCUT2D eigenvalue weighted by molar-refractivity contribution is 0.103. The molecule has 0 radical (unpaired) electrons. The molecule has 0 unspecified atom stereocenters. The van der Waals surface area contributed by atoms with Crippen molar-refractivity contribution in [3.8, 4) is 0 Å². The van der Waals surface area contributed by atoms with Crippen molar-refractivity contribution in [1.29, 1.82) is 0 Å². The number of para-hydroxylation sites is 1. The Labute approximate surface area is 177 Å². The number of ketones is 1. The second kappa shape index (κ2) is 7.76. The molecular weight excluding hydrogens is 428 g/mol. The number of aryl methyl sites for hydroxylation is 1. The molecule has 4 rings (SSSR count). The van der Waals surface area contributed by atoms with Crippen molar-refractivity contribution >= 4 is 32.6 Å². The minimum absolute atomic E-state index is 0.174. The van der Waals surface area contributed by atoms with Crippen LogP contribution in [-0.2, 0) is 6.54 Å². The van der Waals surface area contributed by atoms with Gasteiger partial charge >= 0.3 is 0 Å². The van der Waals surface area contributed by atoms with Crippen molar-refractivity contribution in [2.24, 2.45) is 0 Å². The van der Waals surface area contributed by atoms with Crippen LogP contribution in [0.1, 0.15) is 32.7 Å². The molecule has 0 N–H and O–H groups in total. The molecule has 144 valence electrons. The molecule has 2 aromatic heterocycles. The van der Waals surface area contributed by atoms with Crippen LogP contribution in [0.2, 0.25) is 0 Å². The highest BCUT2D eigenvalue weighted by Crippen LogP contribution is 2.19. The Balaban J connectivity index is 1.91. The predicted molar refractivity (Wildman–Crippen MR) is 119 cm³/mol. The van der Waals surface area contributed by atoms with Gasteiger partial charge in [0.1, 0.15) is 4.60 Å². The van der Waals surface area contributed by atoms with Crippen LogP contribution in [0.15, 0.2) is 76.3 Å². The lowest BCUT2D eigenvalue weighted by Gasteiger charge is -2.14. The molecule has 0 saturated carbocycles. The number of rotatable bonds is 4. The molecule has 0 amide bonds. The van der Waals surface area contributed by atoms with E-state index in [1.807, 2.05) is 66.9 Å². The van der Waals surface area contributed by atoms with Gasteiger partial charge in [-0.1, -0.05) is 36.4 Å². The Bertz CT molecular complexity index is 1310. The molecule has 0 saturated heterocycles. The zero-order valence-corrected chi connectivity index (χ0v) is 17.7. The maximum atomic E-state index is 13.3. The largest absolute Gasteiger partial charge is 0.340 e. The average Bonchev–Trinajstić information content (AvgIpc) is 2.72. The SMILES string of the molecule is Cc1cccc(C(=O)c2cn(Cc3cccc(Br)n3)c3ccccc3c2=O)c1C. The van der Waals surface area contributed by atoms with Crippen molar-refractivity contribution in [3.05, 3.63) is 110 Å². The van der Waals surface area contributed by atoms with Crippen LogP contribution in [0.5, 0.6) is 0 Å². The molecular formula is C24H19BrN2O2. The summed E-state index contributed by atoms with van der Waals surface area (Å²) in [7, 11) is 0. The van der Waals surface area contributed by atoms with Gasteiger partial charge in [-0.15, -0.1) is 0 Å². The van der Waals surface area contributed by atoms with Gasteiger partial charge in [0.15, 0.2) is 5.78 Å². The maximum absolute atomic E-state index is 13.3. The fourth-order valence-electron chi connectivity index (χ4n) is 3.49. The van der Waals surface area contributed by atoms with Gasteiger partial charge in [0.05, 0.1) is 23.3 Å². The Hall–Kier alpha value is -3.05. The van der Waals surface area contributed by atoms with Crippen molar-refractivity contribution in [1.82, 2.24) is 9.55 Å². The molecule has 0 aliphatic carbocycles. The fraction of sp³-hybridized carbons (Fsp3) is 0.125. The van der Waals surface area contributed by atoms with E-state index in [1.54, 1.807) is 18.3 Å². The Morgan fingerprint density at radius 1 is 0.966 bits per heavy atom. The lowest BCUT2D eigenvalue weighted by atomic mass is 9.96. The number of pyridine rings is 2. The third kappa shape index (κ3) is 3.66. The molecule has 4 nitrogen and oxygen atoms in total. The summed E-state index contributed by atoms with van der Waals surface area (Å²) < 4.78 is 2.66. The number of carbonyl (C=O) groups is 1. The highest BCUT2D eigenvalue weighted by atomic mass is 79.9. The monoisotopic (exact) mass is 446 g/mol. The Morgan fingerprint density at radius 3 is 2.52 bits per heavy atom. The van der Waals surface area contributed by atoms with Crippen molar-refractivity contribution in [3.63, 3.8) is 0 Å². The van der Waals surface area contributed by atoms with Crippen molar-refractivity contribution in [2.75, 3.05) is 0 Å². The summed E-state index contributed by atoms with van der Waals surface area (Å²) in [4.78, 5) is 30.9. The molecule has 0 aliphatic heterocycles. The normalized spacial score (nSPS) is 11.0. The topological polar surface area (TPSA) is 52.0 Å². The number of hydrogen-bond acceptors (Lipinski definition) is 3. The first kappa shape index (κ1) is 19.3. The number of carbonyl (C=O) groups excluding carboxylic acids is 1. The molecule has 2 aromatic carbocycles. The van der Waals surface area contributed by atoms with E-state index in [0.29, 0.717) is 17.5 Å². The van der Waals surface area contributed by atoms with E-state index in [9.17, 15) is 9.59 Å². The molecule has 2 heterocycles. The van der Waals surface area contributed by atoms with Crippen LogP contribution in [0.4, 0.5) is 0 Å². The molecule has 4 aromatic rings. The number of aromatic nitrogens is 2. The third-order valence-corrected chi connectivity index (χ3v) is 5.63. The van der Waals surface area contributed by atoms with E-state index < -0.39 is 0 Å². The molecule has 0 atom stereocenters. The third-order valence-electron chi connectivity index (χ3n) is 5.19. The van der Waals surface area contributed by atoms with Gasteiger partial charge < -0.3 is 4.57 Å². The zero-order chi connectivity index (χ0) is 20.5. The van der Waals surface area contributed by atoms with Crippen molar-refractivity contribution in [2.45, 2.75) is 20.4 Å². The zero-order valence-electron chi connectivity index (χ0n) is 16.1. The van der Waals surface area contributed by atoms with E-state index in [2.05, 4.69) is 20.9 Å². The summed E-state index contributed by atoms with van der Waals surface area (Å²) in [5, 5.41) is 0.527. The summed E-state index contributed by atoms with van der Waals surface area (Å²) in [6.45, 7) is 4.32. The number of fused-ring (bicyclic) bond motifs is 1. The minimum Gasteiger partial charge on any atom is -0.340 e. The van der Waals surface area contributed by atoms with Gasteiger partial charge in [-0.2, -0.15) is 0 Å². The van der Waals surface area contributed by atoms with Gasteiger partial charge in [0.2, 0.25) is 5.43 Å². The number of benzene rings is 2. The lowest BCUT2D eigenvalue weighted by Crippen LogP contribution is -2.21. The first-order valence-corrected chi connectivity index (χ1v) is 10.1. The highest BCUT2D eigenvalue weighted by Gasteiger charge is 2.19. The number of halogens is 1. The molecule has 29 heavy (non-hydrogen) atoms. The van der Waals surface area contributed by atoms with E-state index in [1.165, 1.54) is 0 Å². The summed E-state index contributed by atoms with van der Waals surface area (Å²) in [5.41, 5.74) is 4.01. The van der Waals surface area contributed by atoms with Crippen LogP contribution in [0.3, 0.4) is 0 Å². The first-order valence-electron chi connectivity index (χ1n) is 9.30. The summed E-state index contributed by atoms with van der Waals surface area (Å²) >= 11 is 3.40. The molecule has 5 heteroatoms. The fourth-order valence-corrected chi connectivity index (χ4v) is 3.87. The molecule has 0 aliphatic rings. The van der Waals surface area contributed by atoms with E-state index in [-0.39, 0.29) is 16.8 Å². The second-order valence-corrected chi connectivity index (χ2v) is 7.86. The molecule has 0 spiro atoms. The second-order valence-electron chi connectivity index (χ2n) is 7.05. The van der Waals surface area contributed by atoms with E-state index in [4.69, 9.17) is 0 Å². The minimum atomic E-state index is -0.252. The van der Waals surface area contributed by atoms with Gasteiger partial charge in [0.25, 0.3) is 0 Å². The van der Waals surface area contributed by atoms with Gasteiger partial charge in [0, 0.05) is 17.1 Å². The van der Waals surface area contributed by atoms with Crippen molar-refractivity contribution < 1.29 is 4.79 Å². The van der Waals surface area contributed by atoms with Crippen LogP contribution < -0.4 is 5.43 Å². The average molecular weight is 447 g/mol. The van der Waals surface area contributed by atoms with Crippen LogP contribution in [-0.4, -0.2) is 15.3 Å². The maximum Gasteiger partial charge on any atom is 0.200 e. The molecule has 0 bridgehead atoms. The van der Waals surface area contributed by atoms with Crippen LogP contribution >= 0.6 is 15.9 Å². The number of nitrogens with zero attached hydrogens (tertiary/aromatic N) is 2. The summed E-state index contributed by atoms with van der Waals surface area (Å²) in [5.74, 6) is -0.252. The van der Waals surface area contributed by atoms with Crippen LogP contribution in [0, 0.1) is 13.8 Å². The smallest absolute Gasteiger partial charge is 0.200 e. The van der Waals surface area contributed by atoms with E-state index >= 15 is 0 Å². The van der Waals surface area contributed by atoms with Gasteiger partial charge in [-0.05, 0) is 65.2 Å². The van der Waals surface area contributed by atoms with E-state index in [0.717, 1.165) is 26.9 Å². The number of hydrogen-bond donors (Lipinski definition) is 0. The summed E-state index contributed by atoms with van der Waals surface area (Å²) in [6, 6.07) is 18.6. The standard InChI is InChI=1S/C24H19BrN2O2/c1-15-7-5-10-18(16(15)2)23(28)20-14-27(13-17-8-6-12-22(25)26-17)21-11-4-3-9-19(21)24(20)29/h3-12,14H,13H2,1-2H3. The highest BCUT2D eigenvalue weighted by molar-refractivity contribution is 9.10. The van der Waals surface area contributed by atoms with Gasteiger partial charge in [-0.25, -0.2) is 4.98 Å². The van der Waals surface area contributed by atoms with Gasteiger partial charge in [-0.3, -0.25) is 9.59 Å². The quantitative estimate of drug-likeness (QED) is 0.325. The molecule has 0 fully saturated rings. The van der Waals surface area contributed by atoms with Crippen LogP contribution in [0.25, 0.3) is 10.9 Å². The predicted octanol–water partition coefficient (Wildman–Crippen LogP) is 5.06. The Morgan fingerprint density at radius 2 is 1.72 bits per heavy atom. The Kier molecular flexibility index (Phi) is 5.16.